The Bertz CT molecular complexity index is 606. The average molecular weight is 311 g/mol. The molecule has 20 heavy (non-hydrogen) atoms. The zero-order valence-electron chi connectivity index (χ0n) is 10.8. The van der Waals surface area contributed by atoms with Crippen LogP contribution in [0.1, 0.15) is 30.8 Å². The second kappa shape index (κ2) is 5.83. The number of nitrogens with one attached hydrogen (secondary N) is 1. The fourth-order valence-electron chi connectivity index (χ4n) is 1.56. The van der Waals surface area contributed by atoms with E-state index in [-0.39, 0.29) is 11.7 Å². The molecule has 1 aliphatic rings. The van der Waals surface area contributed by atoms with Crippen molar-refractivity contribution in [3.05, 3.63) is 5.01 Å². The van der Waals surface area contributed by atoms with Crippen molar-refractivity contribution in [3.8, 4) is 0 Å². The minimum Gasteiger partial charge on any atom is -0.300 e. The minimum absolute atomic E-state index is 0.126. The van der Waals surface area contributed by atoms with Gasteiger partial charge in [-0.05, 0) is 29.7 Å². The van der Waals surface area contributed by atoms with Gasteiger partial charge in [0.15, 0.2) is 0 Å². The van der Waals surface area contributed by atoms with Crippen LogP contribution < -0.4 is 5.32 Å². The molecule has 1 fully saturated rings. The molecule has 8 nitrogen and oxygen atoms in total. The van der Waals surface area contributed by atoms with Crippen LogP contribution >= 0.6 is 23.1 Å². The summed E-state index contributed by atoms with van der Waals surface area (Å²) in [5.41, 5.74) is 0. The molecule has 3 rings (SSSR count). The molecule has 2 aromatic rings. The number of aromatic nitrogens is 6. The minimum atomic E-state index is -0.126. The lowest BCUT2D eigenvalue weighted by Crippen LogP contribution is -2.14. The number of tetrazole rings is 1. The zero-order valence-corrected chi connectivity index (χ0v) is 12.4. The van der Waals surface area contributed by atoms with E-state index >= 15 is 0 Å². The summed E-state index contributed by atoms with van der Waals surface area (Å²) in [5.74, 6) is 0.132. The van der Waals surface area contributed by atoms with Gasteiger partial charge in [-0.25, -0.2) is 4.68 Å². The van der Waals surface area contributed by atoms with Gasteiger partial charge in [0.1, 0.15) is 5.01 Å². The number of hydrogen-bond acceptors (Lipinski definition) is 8. The number of aryl methyl sites for hydroxylation is 1. The van der Waals surface area contributed by atoms with Gasteiger partial charge < -0.3 is 0 Å². The summed E-state index contributed by atoms with van der Waals surface area (Å²) < 4.78 is 1.79. The van der Waals surface area contributed by atoms with Crippen LogP contribution in [0.2, 0.25) is 0 Å². The van der Waals surface area contributed by atoms with Crippen molar-refractivity contribution in [2.75, 3.05) is 11.1 Å². The molecule has 0 spiro atoms. The molecule has 0 radical (unpaired) electrons. The number of rotatable bonds is 6. The summed E-state index contributed by atoms with van der Waals surface area (Å²) in [6.45, 7) is 2.00. The van der Waals surface area contributed by atoms with E-state index in [0.717, 1.165) is 24.3 Å². The third kappa shape index (κ3) is 3.12. The van der Waals surface area contributed by atoms with Gasteiger partial charge in [-0.3, -0.25) is 10.1 Å². The van der Waals surface area contributed by atoms with Gasteiger partial charge in [0, 0.05) is 0 Å². The Morgan fingerprint density at radius 2 is 2.30 bits per heavy atom. The van der Waals surface area contributed by atoms with Crippen LogP contribution in [0.5, 0.6) is 0 Å². The van der Waals surface area contributed by atoms with Crippen molar-refractivity contribution in [1.29, 1.82) is 0 Å². The van der Waals surface area contributed by atoms with E-state index < -0.39 is 0 Å². The number of thioether (sulfide) groups is 1. The zero-order chi connectivity index (χ0) is 13.9. The maximum Gasteiger partial charge on any atom is 0.236 e. The first-order valence-electron chi connectivity index (χ1n) is 6.29. The maximum atomic E-state index is 11.8. The number of carbonyl (C=O) groups excluding carboxylic acids is 1. The van der Waals surface area contributed by atoms with E-state index in [2.05, 4.69) is 31.0 Å². The Morgan fingerprint density at radius 1 is 1.45 bits per heavy atom. The van der Waals surface area contributed by atoms with Crippen molar-refractivity contribution < 1.29 is 4.79 Å². The van der Waals surface area contributed by atoms with Gasteiger partial charge in [-0.1, -0.05) is 30.0 Å². The fourth-order valence-corrected chi connectivity index (χ4v) is 3.00. The average Bonchev–Trinajstić information content (AvgIpc) is 3.01. The lowest BCUT2D eigenvalue weighted by molar-refractivity contribution is -0.113. The molecule has 0 atom stereocenters. The normalized spacial score (nSPS) is 14.4. The van der Waals surface area contributed by atoms with E-state index in [1.54, 1.807) is 4.68 Å². The smallest absolute Gasteiger partial charge is 0.236 e. The standard InChI is InChI=1S/C10H13N7OS2/c1-2-8-12-13-9(20-8)11-7(18)5-19-10-14-15-16-17(10)6-3-4-6/h6H,2-5H2,1H3,(H,11,13,18). The first-order chi connectivity index (χ1) is 9.76. The van der Waals surface area contributed by atoms with Crippen molar-refractivity contribution in [1.82, 2.24) is 30.4 Å². The van der Waals surface area contributed by atoms with Gasteiger partial charge in [0.05, 0.1) is 11.8 Å². The summed E-state index contributed by atoms with van der Waals surface area (Å²) in [7, 11) is 0. The Morgan fingerprint density at radius 3 is 3.00 bits per heavy atom. The predicted octanol–water partition coefficient (Wildman–Crippen LogP) is 1.15. The molecule has 0 bridgehead atoms. The molecular formula is C10H13N7OS2. The molecule has 2 heterocycles. The summed E-state index contributed by atoms with van der Waals surface area (Å²) in [6.07, 6.45) is 3.03. The third-order valence-corrected chi connectivity index (χ3v) is 4.62. The van der Waals surface area contributed by atoms with Crippen LogP contribution in [0.25, 0.3) is 0 Å². The highest BCUT2D eigenvalue weighted by Crippen LogP contribution is 2.36. The van der Waals surface area contributed by atoms with Gasteiger partial charge in [0.25, 0.3) is 0 Å². The maximum absolute atomic E-state index is 11.8. The second-order valence-corrected chi connectivity index (χ2v) is 6.33. The molecule has 0 unspecified atom stereocenters. The molecule has 1 N–H and O–H groups in total. The largest absolute Gasteiger partial charge is 0.300 e. The van der Waals surface area contributed by atoms with Crippen molar-refractivity contribution in [2.24, 2.45) is 0 Å². The SMILES string of the molecule is CCc1nnc(NC(=O)CSc2nnnn2C2CC2)s1. The Kier molecular flexibility index (Phi) is 3.92. The van der Waals surface area contributed by atoms with E-state index in [1.807, 2.05) is 6.92 Å². The van der Waals surface area contributed by atoms with E-state index in [4.69, 9.17) is 0 Å². The molecular weight excluding hydrogens is 298 g/mol. The van der Waals surface area contributed by atoms with Crippen molar-refractivity contribution in [3.63, 3.8) is 0 Å². The van der Waals surface area contributed by atoms with Crippen LogP contribution in [0.15, 0.2) is 5.16 Å². The van der Waals surface area contributed by atoms with E-state index in [9.17, 15) is 4.79 Å². The van der Waals surface area contributed by atoms with Gasteiger partial charge in [-0.2, -0.15) is 0 Å². The highest BCUT2D eigenvalue weighted by Gasteiger charge is 2.28. The van der Waals surface area contributed by atoms with Crippen LogP contribution in [0.4, 0.5) is 5.13 Å². The molecule has 10 heteroatoms. The van der Waals surface area contributed by atoms with Crippen LogP contribution in [0, 0.1) is 0 Å². The topological polar surface area (TPSA) is 98.5 Å². The Labute approximate surface area is 123 Å². The quantitative estimate of drug-likeness (QED) is 0.799. The van der Waals surface area contributed by atoms with Gasteiger partial charge >= 0.3 is 0 Å². The number of carbonyl (C=O) groups is 1. The number of nitrogens with zero attached hydrogens (tertiary/aromatic N) is 6. The lowest BCUT2D eigenvalue weighted by Gasteiger charge is -2.02. The highest BCUT2D eigenvalue weighted by atomic mass is 32.2. The van der Waals surface area contributed by atoms with Crippen molar-refractivity contribution >= 4 is 34.1 Å². The van der Waals surface area contributed by atoms with E-state index in [0.29, 0.717) is 16.3 Å². The van der Waals surface area contributed by atoms with Gasteiger partial charge in [-0.15, -0.1) is 15.3 Å². The molecule has 2 aromatic heterocycles. The van der Waals surface area contributed by atoms with Crippen LogP contribution in [0.3, 0.4) is 0 Å². The lowest BCUT2D eigenvalue weighted by atomic mass is 10.5. The molecule has 1 saturated carbocycles. The molecule has 0 aromatic carbocycles. The highest BCUT2D eigenvalue weighted by molar-refractivity contribution is 7.99. The molecule has 0 saturated heterocycles. The number of amides is 1. The third-order valence-electron chi connectivity index (χ3n) is 2.70. The number of hydrogen-bond donors (Lipinski definition) is 1. The first-order valence-corrected chi connectivity index (χ1v) is 8.09. The first kappa shape index (κ1) is 13.4. The van der Waals surface area contributed by atoms with Crippen LogP contribution in [-0.2, 0) is 11.2 Å². The summed E-state index contributed by atoms with van der Waals surface area (Å²) in [6, 6.07) is 0.408. The number of anilines is 1. The van der Waals surface area contributed by atoms with E-state index in [1.165, 1.54) is 23.1 Å². The molecule has 0 aliphatic heterocycles. The fraction of sp³-hybridized carbons (Fsp3) is 0.600. The summed E-state index contributed by atoms with van der Waals surface area (Å²) >= 11 is 2.73. The Hall–Kier alpha value is -1.55. The predicted molar refractivity (Wildman–Crippen MR) is 74.7 cm³/mol. The van der Waals surface area contributed by atoms with Crippen molar-refractivity contribution in [2.45, 2.75) is 37.4 Å². The van der Waals surface area contributed by atoms with Crippen LogP contribution in [-0.4, -0.2) is 42.1 Å². The monoisotopic (exact) mass is 311 g/mol. The molecule has 1 aliphatic carbocycles. The second-order valence-electron chi connectivity index (χ2n) is 4.33. The Balaban J connectivity index is 1.52. The summed E-state index contributed by atoms with van der Waals surface area (Å²) in [5, 5.41) is 24.2. The van der Waals surface area contributed by atoms with Gasteiger partial charge in [0.2, 0.25) is 16.2 Å². The molecule has 106 valence electrons. The summed E-state index contributed by atoms with van der Waals surface area (Å²) in [4.78, 5) is 11.8. The molecule has 1 amide bonds.